The van der Waals surface area contributed by atoms with Crippen molar-refractivity contribution in [3.05, 3.63) is 24.3 Å². The van der Waals surface area contributed by atoms with Crippen molar-refractivity contribution in [2.24, 2.45) is 52.0 Å². The van der Waals surface area contributed by atoms with Crippen LogP contribution < -0.4 is 0 Å². The Bertz CT molecular complexity index is 830. The zero-order chi connectivity index (χ0) is 20.0. The Morgan fingerprint density at radius 3 is 2.86 bits per heavy atom. The lowest BCUT2D eigenvalue weighted by Crippen LogP contribution is -2.57. The SMILES string of the molecule is C=CC1CC2=C/C(=N/O)CC[C@@H]2C2CC[C@@]3(CC)C(C4CC4[C@@]34CCC(=O)O4)C12. The maximum Gasteiger partial charge on any atom is 0.306 e. The lowest BCUT2D eigenvalue weighted by molar-refractivity contribution is -0.181. The molecule has 0 aromatic carbocycles. The number of carbonyl (C=O) groups excluding carboxylic acids is 1. The number of oxime groups is 1. The minimum absolute atomic E-state index is 0.0449. The molecule has 5 aliphatic carbocycles. The molecule has 29 heavy (non-hydrogen) atoms. The van der Waals surface area contributed by atoms with Crippen LogP contribution in [0, 0.1) is 46.8 Å². The van der Waals surface area contributed by atoms with Crippen LogP contribution in [0.2, 0.25) is 0 Å². The molecule has 1 saturated heterocycles. The third kappa shape index (κ3) is 2.11. The maximum absolute atomic E-state index is 12.3. The zero-order valence-electron chi connectivity index (χ0n) is 17.5. The van der Waals surface area contributed by atoms with Gasteiger partial charge in [-0.15, -0.1) is 6.58 Å². The van der Waals surface area contributed by atoms with Crippen LogP contribution in [0.3, 0.4) is 0 Å². The summed E-state index contributed by atoms with van der Waals surface area (Å²) in [4.78, 5) is 12.3. The highest BCUT2D eigenvalue weighted by molar-refractivity contribution is 5.96. The molecule has 0 aromatic rings. The Kier molecular flexibility index (Phi) is 3.76. The molecule has 4 saturated carbocycles. The number of hydrogen-bond donors (Lipinski definition) is 1. The molecule has 4 heteroatoms. The molecule has 5 fully saturated rings. The molecule has 1 N–H and O–H groups in total. The second kappa shape index (κ2) is 5.98. The smallest absolute Gasteiger partial charge is 0.306 e. The first-order chi connectivity index (χ1) is 14.1. The van der Waals surface area contributed by atoms with E-state index in [0.717, 1.165) is 43.7 Å². The molecule has 6 unspecified atom stereocenters. The van der Waals surface area contributed by atoms with E-state index in [-0.39, 0.29) is 17.0 Å². The molecule has 0 aromatic heterocycles. The van der Waals surface area contributed by atoms with Crippen LogP contribution >= 0.6 is 0 Å². The number of nitrogens with zero attached hydrogens (tertiary/aromatic N) is 1. The Labute approximate surface area is 173 Å². The Balaban J connectivity index is 1.42. The molecule has 9 atom stereocenters. The molecule has 6 rings (SSSR count). The second-order valence-corrected chi connectivity index (χ2v) is 10.7. The van der Waals surface area contributed by atoms with Gasteiger partial charge in [-0.3, -0.25) is 4.79 Å². The fourth-order valence-corrected chi connectivity index (χ4v) is 9.40. The summed E-state index contributed by atoms with van der Waals surface area (Å²) in [5.74, 6) is 4.59. The van der Waals surface area contributed by atoms with E-state index >= 15 is 0 Å². The lowest BCUT2D eigenvalue weighted by Gasteiger charge is -2.60. The Morgan fingerprint density at radius 1 is 1.31 bits per heavy atom. The van der Waals surface area contributed by atoms with Crippen LogP contribution in [0.15, 0.2) is 29.5 Å². The first-order valence-corrected chi connectivity index (χ1v) is 11.8. The van der Waals surface area contributed by atoms with Gasteiger partial charge in [0.15, 0.2) is 0 Å². The summed E-state index contributed by atoms with van der Waals surface area (Å²) in [6.07, 6.45) is 13.9. The van der Waals surface area contributed by atoms with Gasteiger partial charge in [0.1, 0.15) is 5.60 Å². The van der Waals surface area contributed by atoms with E-state index in [0.29, 0.717) is 41.9 Å². The van der Waals surface area contributed by atoms with E-state index in [1.54, 1.807) is 0 Å². The van der Waals surface area contributed by atoms with Gasteiger partial charge < -0.3 is 9.94 Å². The normalized spacial score (nSPS) is 53.6. The summed E-state index contributed by atoms with van der Waals surface area (Å²) >= 11 is 0. The van der Waals surface area contributed by atoms with Crippen LogP contribution in [0.4, 0.5) is 0 Å². The van der Waals surface area contributed by atoms with Crippen molar-refractivity contribution in [1.82, 2.24) is 0 Å². The van der Waals surface area contributed by atoms with Crippen molar-refractivity contribution in [3.63, 3.8) is 0 Å². The Hall–Kier alpha value is -1.58. The topological polar surface area (TPSA) is 58.9 Å². The Morgan fingerprint density at radius 2 is 2.17 bits per heavy atom. The molecular weight excluding hydrogens is 362 g/mol. The van der Waals surface area contributed by atoms with Gasteiger partial charge in [-0.25, -0.2) is 0 Å². The lowest BCUT2D eigenvalue weighted by atomic mass is 9.45. The number of carbonyl (C=O) groups is 1. The molecule has 1 aliphatic heterocycles. The molecule has 4 nitrogen and oxygen atoms in total. The first-order valence-electron chi connectivity index (χ1n) is 11.8. The predicted octanol–water partition coefficient (Wildman–Crippen LogP) is 5.12. The van der Waals surface area contributed by atoms with Gasteiger partial charge in [0, 0.05) is 17.8 Å². The molecule has 0 amide bonds. The van der Waals surface area contributed by atoms with Gasteiger partial charge in [0.05, 0.1) is 5.71 Å². The van der Waals surface area contributed by atoms with E-state index in [4.69, 9.17) is 4.74 Å². The quantitative estimate of drug-likeness (QED) is 0.305. The highest BCUT2D eigenvalue weighted by Crippen LogP contribution is 2.79. The highest BCUT2D eigenvalue weighted by atomic mass is 16.6. The summed E-state index contributed by atoms with van der Waals surface area (Å²) in [6, 6.07) is 0. The van der Waals surface area contributed by atoms with Crippen LogP contribution in [-0.2, 0) is 9.53 Å². The van der Waals surface area contributed by atoms with E-state index in [1.807, 2.05) is 0 Å². The minimum Gasteiger partial charge on any atom is -0.458 e. The van der Waals surface area contributed by atoms with Crippen molar-refractivity contribution in [1.29, 1.82) is 0 Å². The monoisotopic (exact) mass is 395 g/mol. The van der Waals surface area contributed by atoms with Crippen LogP contribution in [0.5, 0.6) is 0 Å². The molecular formula is C25H33NO3. The third-order valence-electron chi connectivity index (χ3n) is 10.3. The summed E-state index contributed by atoms with van der Waals surface area (Å²) in [7, 11) is 0. The van der Waals surface area contributed by atoms with Gasteiger partial charge in [-0.2, -0.15) is 0 Å². The number of hydrogen-bond acceptors (Lipinski definition) is 4. The fourth-order valence-electron chi connectivity index (χ4n) is 9.40. The zero-order valence-corrected chi connectivity index (χ0v) is 17.5. The van der Waals surface area contributed by atoms with Gasteiger partial charge in [-0.05, 0) is 93.0 Å². The molecule has 1 spiro atoms. The fraction of sp³-hybridized carbons (Fsp3) is 0.760. The van der Waals surface area contributed by atoms with E-state index in [1.165, 1.54) is 24.8 Å². The van der Waals surface area contributed by atoms with Crippen molar-refractivity contribution in [2.45, 2.75) is 70.3 Å². The molecule has 1 heterocycles. The summed E-state index contributed by atoms with van der Waals surface area (Å²) in [5, 5.41) is 12.8. The highest BCUT2D eigenvalue weighted by Gasteiger charge is 2.79. The summed E-state index contributed by atoms with van der Waals surface area (Å²) in [5.41, 5.74) is 2.36. The van der Waals surface area contributed by atoms with Crippen LogP contribution in [0.1, 0.15) is 64.7 Å². The predicted molar refractivity (Wildman–Crippen MR) is 110 cm³/mol. The van der Waals surface area contributed by atoms with Crippen LogP contribution in [0.25, 0.3) is 0 Å². The van der Waals surface area contributed by atoms with Crippen molar-refractivity contribution >= 4 is 11.7 Å². The number of fused-ring (bicyclic) bond motifs is 9. The second-order valence-electron chi connectivity index (χ2n) is 10.7. The molecule has 6 aliphatic rings. The average Bonchev–Trinajstić information content (AvgIpc) is 3.40. The minimum atomic E-state index is -0.162. The van der Waals surface area contributed by atoms with E-state index in [2.05, 4.69) is 30.8 Å². The van der Waals surface area contributed by atoms with E-state index in [9.17, 15) is 10.0 Å². The van der Waals surface area contributed by atoms with Crippen LogP contribution in [-0.4, -0.2) is 22.5 Å². The molecule has 0 radical (unpaired) electrons. The standard InChI is InChI=1S/C25H33NO3/c1-3-14-11-15-12-16(26-28)5-6-17(15)18-7-9-24(4-2)23(22(14)18)19-13-20(19)25(24)10-8-21(27)29-25/h3,12,14,17-20,22-23,28H,1,4-11,13H2,2H3/b26-16+/t14?,17-,18?,19?,20?,22?,23?,24-,25-/m0/s1. The number of esters is 1. The van der Waals surface area contributed by atoms with Crippen molar-refractivity contribution < 1.29 is 14.7 Å². The number of allylic oxidation sites excluding steroid dienone is 3. The van der Waals surface area contributed by atoms with Gasteiger partial charge >= 0.3 is 5.97 Å². The van der Waals surface area contributed by atoms with Crippen molar-refractivity contribution in [2.75, 3.05) is 0 Å². The summed E-state index contributed by atoms with van der Waals surface area (Å²) < 4.78 is 6.29. The average molecular weight is 396 g/mol. The van der Waals surface area contributed by atoms with Gasteiger partial charge in [0.2, 0.25) is 0 Å². The number of ether oxygens (including phenoxy) is 1. The molecule has 0 bridgehead atoms. The first kappa shape index (κ1) is 18.2. The van der Waals surface area contributed by atoms with Gasteiger partial charge in [0.25, 0.3) is 0 Å². The third-order valence-corrected chi connectivity index (χ3v) is 10.3. The summed E-state index contributed by atoms with van der Waals surface area (Å²) in [6.45, 7) is 6.62. The van der Waals surface area contributed by atoms with Crippen molar-refractivity contribution in [3.8, 4) is 0 Å². The van der Waals surface area contributed by atoms with E-state index < -0.39 is 0 Å². The van der Waals surface area contributed by atoms with Gasteiger partial charge in [-0.1, -0.05) is 23.7 Å². The largest absolute Gasteiger partial charge is 0.458 e. The maximum atomic E-state index is 12.3. The molecule has 156 valence electrons. The number of rotatable bonds is 2.